The number of nitrogens with one attached hydrogen (secondary N) is 3. The average molecular weight is 293 g/mol. The molecule has 0 unspecified atom stereocenters. The Balaban J connectivity index is 2.44. The van der Waals surface area contributed by atoms with Crippen molar-refractivity contribution in [2.45, 2.75) is 20.8 Å². The van der Waals surface area contributed by atoms with Gasteiger partial charge in [-0.3, -0.25) is 10.1 Å². The predicted molar refractivity (Wildman–Crippen MR) is 82.6 cm³/mol. The summed E-state index contributed by atoms with van der Waals surface area (Å²) in [6.07, 6.45) is 0. The van der Waals surface area contributed by atoms with Crippen LogP contribution in [0.2, 0.25) is 0 Å². The highest BCUT2D eigenvalue weighted by Crippen LogP contribution is 2.24. The van der Waals surface area contributed by atoms with E-state index in [0.29, 0.717) is 23.9 Å². The van der Waals surface area contributed by atoms with Crippen molar-refractivity contribution in [3.05, 3.63) is 23.8 Å². The van der Waals surface area contributed by atoms with E-state index in [-0.39, 0.29) is 6.54 Å². The number of imide groups is 1. The summed E-state index contributed by atoms with van der Waals surface area (Å²) >= 11 is 0. The van der Waals surface area contributed by atoms with Crippen LogP contribution in [0.25, 0.3) is 0 Å². The van der Waals surface area contributed by atoms with Gasteiger partial charge in [0.2, 0.25) is 5.91 Å². The summed E-state index contributed by atoms with van der Waals surface area (Å²) < 4.78 is 5.23. The van der Waals surface area contributed by atoms with Crippen LogP contribution in [0.15, 0.2) is 18.2 Å². The van der Waals surface area contributed by atoms with Gasteiger partial charge in [-0.05, 0) is 30.5 Å². The number of carbonyl (C=O) groups is 2. The molecule has 0 radical (unpaired) electrons. The molecular weight excluding hydrogens is 270 g/mol. The van der Waals surface area contributed by atoms with Crippen LogP contribution in [0, 0.1) is 12.8 Å². The predicted octanol–water partition coefficient (Wildman–Crippen LogP) is 1.90. The zero-order chi connectivity index (χ0) is 15.8. The number of hydrogen-bond donors (Lipinski definition) is 3. The number of benzene rings is 1. The van der Waals surface area contributed by atoms with Crippen molar-refractivity contribution >= 4 is 17.6 Å². The Labute approximate surface area is 125 Å². The first-order chi connectivity index (χ1) is 9.92. The number of rotatable bonds is 6. The van der Waals surface area contributed by atoms with Crippen LogP contribution in [0.1, 0.15) is 19.4 Å². The highest BCUT2D eigenvalue weighted by Gasteiger charge is 2.09. The average Bonchev–Trinajstić information content (AvgIpc) is 2.43. The molecule has 0 aliphatic rings. The summed E-state index contributed by atoms with van der Waals surface area (Å²) in [4.78, 5) is 23.1. The van der Waals surface area contributed by atoms with E-state index in [0.717, 1.165) is 5.56 Å². The van der Waals surface area contributed by atoms with E-state index >= 15 is 0 Å². The molecule has 3 N–H and O–H groups in total. The molecule has 6 nitrogen and oxygen atoms in total. The second-order valence-corrected chi connectivity index (χ2v) is 5.21. The first kappa shape index (κ1) is 16.8. The third kappa shape index (κ3) is 6.16. The Morgan fingerprint density at radius 1 is 1.29 bits per heavy atom. The van der Waals surface area contributed by atoms with Crippen LogP contribution in [0.5, 0.6) is 5.75 Å². The minimum absolute atomic E-state index is 0.00544. The highest BCUT2D eigenvalue weighted by atomic mass is 16.5. The molecule has 0 aliphatic carbocycles. The molecule has 0 saturated heterocycles. The first-order valence-electron chi connectivity index (χ1n) is 6.88. The van der Waals surface area contributed by atoms with Crippen molar-refractivity contribution in [3.63, 3.8) is 0 Å². The summed E-state index contributed by atoms with van der Waals surface area (Å²) in [6, 6.07) is 5.14. The summed E-state index contributed by atoms with van der Waals surface area (Å²) in [5.74, 6) is 0.590. The monoisotopic (exact) mass is 293 g/mol. The lowest BCUT2D eigenvalue weighted by Gasteiger charge is -2.12. The Morgan fingerprint density at radius 2 is 2.00 bits per heavy atom. The lowest BCUT2D eigenvalue weighted by Crippen LogP contribution is -2.43. The number of carbonyl (C=O) groups excluding carboxylic acids is 2. The van der Waals surface area contributed by atoms with Gasteiger partial charge in [0.05, 0.1) is 19.3 Å². The van der Waals surface area contributed by atoms with Crippen molar-refractivity contribution in [2.75, 3.05) is 25.5 Å². The molecule has 0 spiro atoms. The van der Waals surface area contributed by atoms with Crippen LogP contribution in [-0.4, -0.2) is 32.1 Å². The Hall–Kier alpha value is -2.24. The van der Waals surface area contributed by atoms with Crippen molar-refractivity contribution in [3.8, 4) is 5.75 Å². The number of anilines is 1. The van der Waals surface area contributed by atoms with E-state index in [2.05, 4.69) is 16.0 Å². The minimum atomic E-state index is -0.480. The van der Waals surface area contributed by atoms with E-state index in [1.165, 1.54) is 0 Å². The number of aryl methyl sites for hydroxylation is 1. The molecular formula is C15H23N3O3. The lowest BCUT2D eigenvalue weighted by atomic mass is 10.2. The standard InChI is InChI=1S/C15H23N3O3/c1-10(2)8-17-15(20)18-14(19)9-16-12-6-5-11(3)7-13(12)21-4/h5-7,10,16H,8-9H2,1-4H3,(H2,17,18,19,20). The molecule has 21 heavy (non-hydrogen) atoms. The Bertz CT molecular complexity index is 501. The summed E-state index contributed by atoms with van der Waals surface area (Å²) in [6.45, 7) is 6.44. The number of amides is 3. The largest absolute Gasteiger partial charge is 0.495 e. The van der Waals surface area contributed by atoms with Gasteiger partial charge in [-0.25, -0.2) is 4.79 Å². The van der Waals surface area contributed by atoms with E-state index in [1.54, 1.807) is 7.11 Å². The molecule has 116 valence electrons. The van der Waals surface area contributed by atoms with E-state index < -0.39 is 11.9 Å². The van der Waals surface area contributed by atoms with Gasteiger partial charge in [0.25, 0.3) is 0 Å². The quantitative estimate of drug-likeness (QED) is 0.748. The van der Waals surface area contributed by atoms with Crippen LogP contribution >= 0.6 is 0 Å². The summed E-state index contributed by atoms with van der Waals surface area (Å²) in [5, 5.41) is 7.82. The van der Waals surface area contributed by atoms with Crippen LogP contribution in [0.4, 0.5) is 10.5 Å². The molecule has 3 amide bonds. The normalized spacial score (nSPS) is 10.1. The SMILES string of the molecule is COc1cc(C)ccc1NCC(=O)NC(=O)NCC(C)C. The number of hydrogen-bond acceptors (Lipinski definition) is 4. The van der Waals surface area contributed by atoms with Gasteiger partial charge < -0.3 is 15.4 Å². The zero-order valence-electron chi connectivity index (χ0n) is 12.9. The topological polar surface area (TPSA) is 79.5 Å². The molecule has 0 aromatic heterocycles. The highest BCUT2D eigenvalue weighted by molar-refractivity contribution is 5.96. The molecule has 1 aromatic rings. The maximum atomic E-state index is 11.7. The van der Waals surface area contributed by atoms with Gasteiger partial charge in [0, 0.05) is 6.54 Å². The molecule has 1 aromatic carbocycles. The van der Waals surface area contributed by atoms with Gasteiger partial charge in [-0.15, -0.1) is 0 Å². The summed E-state index contributed by atoms with van der Waals surface area (Å²) in [7, 11) is 1.57. The van der Waals surface area contributed by atoms with Crippen molar-refractivity contribution in [1.82, 2.24) is 10.6 Å². The molecule has 0 heterocycles. The fourth-order valence-corrected chi connectivity index (χ4v) is 1.63. The maximum absolute atomic E-state index is 11.7. The van der Waals surface area contributed by atoms with E-state index in [9.17, 15) is 9.59 Å². The van der Waals surface area contributed by atoms with E-state index in [1.807, 2.05) is 39.0 Å². The molecule has 0 saturated carbocycles. The zero-order valence-corrected chi connectivity index (χ0v) is 12.9. The molecule has 0 fully saturated rings. The van der Waals surface area contributed by atoms with Crippen LogP contribution in [0.3, 0.4) is 0 Å². The van der Waals surface area contributed by atoms with Gasteiger partial charge in [0.15, 0.2) is 0 Å². The number of urea groups is 1. The third-order valence-electron chi connectivity index (χ3n) is 2.72. The van der Waals surface area contributed by atoms with Crippen molar-refractivity contribution < 1.29 is 14.3 Å². The second-order valence-electron chi connectivity index (χ2n) is 5.21. The third-order valence-corrected chi connectivity index (χ3v) is 2.72. The van der Waals surface area contributed by atoms with Gasteiger partial charge in [-0.2, -0.15) is 0 Å². The van der Waals surface area contributed by atoms with Crippen molar-refractivity contribution in [1.29, 1.82) is 0 Å². The van der Waals surface area contributed by atoms with E-state index in [4.69, 9.17) is 4.74 Å². The number of ether oxygens (including phenoxy) is 1. The van der Waals surface area contributed by atoms with Gasteiger partial charge >= 0.3 is 6.03 Å². The van der Waals surface area contributed by atoms with Crippen molar-refractivity contribution in [2.24, 2.45) is 5.92 Å². The molecule has 0 bridgehead atoms. The fraction of sp³-hybridized carbons (Fsp3) is 0.467. The molecule has 6 heteroatoms. The molecule has 0 aliphatic heterocycles. The second kappa shape index (κ2) is 8.14. The first-order valence-corrected chi connectivity index (χ1v) is 6.88. The lowest BCUT2D eigenvalue weighted by molar-refractivity contribution is -0.118. The number of methoxy groups -OCH3 is 1. The maximum Gasteiger partial charge on any atom is 0.321 e. The molecule has 0 atom stereocenters. The fourth-order valence-electron chi connectivity index (χ4n) is 1.63. The Kier molecular flexibility index (Phi) is 6.52. The van der Waals surface area contributed by atoms with Crippen LogP contribution in [-0.2, 0) is 4.79 Å². The van der Waals surface area contributed by atoms with Crippen LogP contribution < -0.4 is 20.7 Å². The Morgan fingerprint density at radius 3 is 2.62 bits per heavy atom. The van der Waals surface area contributed by atoms with Gasteiger partial charge in [-0.1, -0.05) is 19.9 Å². The minimum Gasteiger partial charge on any atom is -0.495 e. The summed E-state index contributed by atoms with van der Waals surface area (Å²) in [5.41, 5.74) is 1.77. The molecule has 1 rings (SSSR count). The van der Waals surface area contributed by atoms with Gasteiger partial charge in [0.1, 0.15) is 5.75 Å². The smallest absolute Gasteiger partial charge is 0.321 e.